The van der Waals surface area contributed by atoms with Gasteiger partial charge in [-0.15, -0.1) is 0 Å². The van der Waals surface area contributed by atoms with Crippen molar-refractivity contribution in [2.75, 3.05) is 11.9 Å². The van der Waals surface area contributed by atoms with Crippen LogP contribution in [0.3, 0.4) is 0 Å². The average molecular weight is 192 g/mol. The molecule has 0 aromatic heterocycles. The molecule has 0 radical (unpaired) electrons. The maximum absolute atomic E-state index is 11.4. The first-order valence-electron chi connectivity index (χ1n) is 4.43. The number of carbonyl (C=O) groups is 1. The molecule has 74 valence electrons. The molecule has 0 unspecified atom stereocenters. The number of rotatable bonds is 2. The molecule has 0 aliphatic carbocycles. The van der Waals surface area contributed by atoms with Crippen molar-refractivity contribution in [2.24, 2.45) is 5.90 Å². The summed E-state index contributed by atoms with van der Waals surface area (Å²) in [6.45, 7) is 0.351. The second kappa shape index (κ2) is 3.40. The second-order valence-electron chi connectivity index (χ2n) is 3.36. The number of hydrogen-bond acceptors (Lipinski definition) is 3. The Bertz CT molecular complexity index is 376. The summed E-state index contributed by atoms with van der Waals surface area (Å²) in [5.41, 5.74) is 2.98. The van der Waals surface area contributed by atoms with Crippen molar-refractivity contribution in [1.82, 2.24) is 0 Å². The van der Waals surface area contributed by atoms with Crippen molar-refractivity contribution in [1.29, 1.82) is 0 Å². The number of likely N-dealkylation sites (N-methyl/N-ethyl adjacent to an activating group) is 1. The highest BCUT2D eigenvalue weighted by Crippen LogP contribution is 2.30. The van der Waals surface area contributed by atoms with E-state index in [1.165, 1.54) is 0 Å². The summed E-state index contributed by atoms with van der Waals surface area (Å²) in [7, 11) is 1.78. The molecule has 1 aromatic rings. The Morgan fingerprint density at radius 1 is 1.57 bits per heavy atom. The van der Waals surface area contributed by atoms with Crippen molar-refractivity contribution in [3.8, 4) is 0 Å². The van der Waals surface area contributed by atoms with E-state index in [0.717, 1.165) is 16.8 Å². The summed E-state index contributed by atoms with van der Waals surface area (Å²) in [6.07, 6.45) is 0.450. The smallest absolute Gasteiger partial charge is 0.231 e. The van der Waals surface area contributed by atoms with E-state index in [1.54, 1.807) is 11.9 Å². The molecule has 14 heavy (non-hydrogen) atoms. The SMILES string of the molecule is CN1C(=O)Cc2c(CON)cccc21. The summed E-state index contributed by atoms with van der Waals surface area (Å²) < 4.78 is 0. The quantitative estimate of drug-likeness (QED) is 0.698. The lowest BCUT2D eigenvalue weighted by atomic mass is 10.1. The zero-order valence-electron chi connectivity index (χ0n) is 7.99. The lowest BCUT2D eigenvalue weighted by Crippen LogP contribution is -2.20. The standard InChI is InChI=1S/C10H12N2O2/c1-12-9-4-2-3-7(6-14-11)8(9)5-10(12)13/h2-4H,5-6,11H2,1H3. The van der Waals surface area contributed by atoms with Gasteiger partial charge in [0.05, 0.1) is 13.0 Å². The van der Waals surface area contributed by atoms with Gasteiger partial charge in [0.1, 0.15) is 0 Å². The molecule has 1 amide bonds. The number of benzene rings is 1. The number of nitrogens with zero attached hydrogens (tertiary/aromatic N) is 1. The molecular formula is C10H12N2O2. The highest BCUT2D eigenvalue weighted by atomic mass is 16.6. The molecule has 4 heteroatoms. The fraction of sp³-hybridized carbons (Fsp3) is 0.300. The minimum atomic E-state index is 0.115. The van der Waals surface area contributed by atoms with Crippen molar-refractivity contribution >= 4 is 11.6 Å². The van der Waals surface area contributed by atoms with Crippen molar-refractivity contribution < 1.29 is 9.63 Å². The van der Waals surface area contributed by atoms with Crippen molar-refractivity contribution in [2.45, 2.75) is 13.0 Å². The van der Waals surface area contributed by atoms with Gasteiger partial charge in [-0.25, -0.2) is 5.90 Å². The average Bonchev–Trinajstić information content (AvgIpc) is 2.46. The van der Waals surface area contributed by atoms with E-state index in [-0.39, 0.29) is 5.91 Å². The van der Waals surface area contributed by atoms with Gasteiger partial charge in [-0.05, 0) is 17.2 Å². The topological polar surface area (TPSA) is 55.6 Å². The number of anilines is 1. The first kappa shape index (κ1) is 9.18. The zero-order valence-corrected chi connectivity index (χ0v) is 7.99. The largest absolute Gasteiger partial charge is 0.315 e. The molecule has 4 nitrogen and oxygen atoms in total. The van der Waals surface area contributed by atoms with Crippen LogP contribution in [-0.2, 0) is 22.7 Å². The van der Waals surface area contributed by atoms with Crippen LogP contribution in [0.2, 0.25) is 0 Å². The maximum Gasteiger partial charge on any atom is 0.231 e. The molecule has 0 bridgehead atoms. The third-order valence-electron chi connectivity index (χ3n) is 2.55. The Morgan fingerprint density at radius 3 is 3.07 bits per heavy atom. The molecule has 2 rings (SSSR count). The Kier molecular flexibility index (Phi) is 2.23. The van der Waals surface area contributed by atoms with E-state index in [9.17, 15) is 4.79 Å². The van der Waals surface area contributed by atoms with Crippen LogP contribution in [0.15, 0.2) is 18.2 Å². The van der Waals surface area contributed by atoms with Crippen LogP contribution in [0.4, 0.5) is 5.69 Å². The fourth-order valence-electron chi connectivity index (χ4n) is 1.77. The zero-order chi connectivity index (χ0) is 10.1. The summed E-state index contributed by atoms with van der Waals surface area (Å²) in [4.78, 5) is 17.7. The van der Waals surface area contributed by atoms with Gasteiger partial charge in [0.2, 0.25) is 5.91 Å². The Labute approximate surface area is 82.2 Å². The van der Waals surface area contributed by atoms with Crippen molar-refractivity contribution in [3.63, 3.8) is 0 Å². The van der Waals surface area contributed by atoms with Crippen LogP contribution in [0.25, 0.3) is 0 Å². The Balaban J connectivity index is 2.44. The van der Waals surface area contributed by atoms with Crippen LogP contribution < -0.4 is 10.8 Å². The predicted octanol–water partition coefficient (Wildman–Crippen LogP) is 0.596. The molecule has 1 aromatic carbocycles. The lowest BCUT2D eigenvalue weighted by Gasteiger charge is -2.10. The van der Waals surface area contributed by atoms with E-state index in [1.807, 2.05) is 18.2 Å². The van der Waals surface area contributed by atoms with Crippen molar-refractivity contribution in [3.05, 3.63) is 29.3 Å². The molecular weight excluding hydrogens is 180 g/mol. The summed E-state index contributed by atoms with van der Waals surface area (Å²) in [5.74, 6) is 5.14. The van der Waals surface area contributed by atoms with Crippen LogP contribution >= 0.6 is 0 Å². The van der Waals surface area contributed by atoms with Gasteiger partial charge in [-0.2, -0.15) is 0 Å². The third-order valence-corrected chi connectivity index (χ3v) is 2.55. The maximum atomic E-state index is 11.4. The first-order valence-corrected chi connectivity index (χ1v) is 4.43. The summed E-state index contributed by atoms with van der Waals surface area (Å²) in [5, 5.41) is 0. The second-order valence-corrected chi connectivity index (χ2v) is 3.36. The molecule has 0 spiro atoms. The molecule has 2 N–H and O–H groups in total. The monoisotopic (exact) mass is 192 g/mol. The summed E-state index contributed by atoms with van der Waals surface area (Å²) >= 11 is 0. The van der Waals surface area contributed by atoms with Gasteiger partial charge in [-0.3, -0.25) is 9.63 Å². The number of fused-ring (bicyclic) bond motifs is 1. The van der Waals surface area contributed by atoms with Crippen LogP contribution in [-0.4, -0.2) is 13.0 Å². The molecule has 0 fully saturated rings. The van der Waals surface area contributed by atoms with Crippen LogP contribution in [0.5, 0.6) is 0 Å². The predicted molar refractivity (Wildman–Crippen MR) is 52.5 cm³/mol. The van der Waals surface area contributed by atoms with E-state index in [4.69, 9.17) is 5.90 Å². The van der Waals surface area contributed by atoms with Gasteiger partial charge in [0.15, 0.2) is 0 Å². The molecule has 0 saturated carbocycles. The number of nitrogens with two attached hydrogens (primary N) is 1. The van der Waals surface area contributed by atoms with E-state index in [0.29, 0.717) is 13.0 Å². The number of carbonyl (C=O) groups excluding carboxylic acids is 1. The fourth-order valence-corrected chi connectivity index (χ4v) is 1.77. The molecule has 1 aliphatic rings. The normalized spacial score (nSPS) is 14.7. The molecule has 1 aliphatic heterocycles. The number of amides is 1. The van der Waals surface area contributed by atoms with Gasteiger partial charge < -0.3 is 4.90 Å². The highest BCUT2D eigenvalue weighted by Gasteiger charge is 2.25. The molecule has 1 heterocycles. The minimum absolute atomic E-state index is 0.115. The Hall–Kier alpha value is -1.39. The van der Waals surface area contributed by atoms with E-state index in [2.05, 4.69) is 4.84 Å². The Morgan fingerprint density at radius 2 is 2.36 bits per heavy atom. The van der Waals surface area contributed by atoms with E-state index < -0.39 is 0 Å². The minimum Gasteiger partial charge on any atom is -0.315 e. The summed E-state index contributed by atoms with van der Waals surface area (Å²) in [6, 6.07) is 5.76. The van der Waals surface area contributed by atoms with Crippen LogP contribution in [0, 0.1) is 0 Å². The van der Waals surface area contributed by atoms with Gasteiger partial charge in [0.25, 0.3) is 0 Å². The molecule has 0 atom stereocenters. The van der Waals surface area contributed by atoms with Gasteiger partial charge in [0, 0.05) is 12.7 Å². The lowest BCUT2D eigenvalue weighted by molar-refractivity contribution is -0.117. The van der Waals surface area contributed by atoms with E-state index >= 15 is 0 Å². The van der Waals surface area contributed by atoms with Gasteiger partial charge >= 0.3 is 0 Å². The highest BCUT2D eigenvalue weighted by molar-refractivity contribution is 6.01. The van der Waals surface area contributed by atoms with Gasteiger partial charge in [-0.1, -0.05) is 12.1 Å². The van der Waals surface area contributed by atoms with Crippen LogP contribution in [0.1, 0.15) is 11.1 Å². The first-order chi connectivity index (χ1) is 6.74. The third kappa shape index (κ3) is 1.29. The molecule has 0 saturated heterocycles. The number of hydrogen-bond donors (Lipinski definition) is 1.